The maximum absolute atomic E-state index is 11.1. The molecule has 1 N–H and O–H groups in total. The average Bonchev–Trinajstić information content (AvgIpc) is 2.37. The average molecular weight is 286 g/mol. The van der Waals surface area contributed by atoms with Crippen molar-refractivity contribution in [2.75, 3.05) is 25.1 Å². The number of rotatable bonds is 6. The monoisotopic (exact) mass is 285 g/mol. The Balaban J connectivity index is 0.00000324. The minimum atomic E-state index is -1.17. The molecule has 1 rings (SSSR count). The first-order valence-corrected chi connectivity index (χ1v) is 5.43. The van der Waals surface area contributed by atoms with E-state index >= 15 is 0 Å². The molecule has 6 heteroatoms. The lowest BCUT2D eigenvalue weighted by Gasteiger charge is -2.18. The predicted molar refractivity (Wildman–Crippen MR) is 74.7 cm³/mol. The van der Waals surface area contributed by atoms with Crippen molar-refractivity contribution in [2.45, 2.75) is 0 Å². The number of nitrogens with zero attached hydrogens (tertiary/aromatic N) is 1. The molecular formula is C13H16ClNO4. The highest BCUT2D eigenvalue weighted by Crippen LogP contribution is 2.09. The van der Waals surface area contributed by atoms with Crippen LogP contribution in [0.2, 0.25) is 0 Å². The summed E-state index contributed by atoms with van der Waals surface area (Å²) in [4.78, 5) is 23.2. The van der Waals surface area contributed by atoms with Crippen LogP contribution in [0.1, 0.15) is 0 Å². The Labute approximate surface area is 117 Å². The van der Waals surface area contributed by atoms with Gasteiger partial charge in [0.2, 0.25) is 0 Å². The van der Waals surface area contributed by atoms with Gasteiger partial charge in [-0.1, -0.05) is 18.2 Å². The number of hydrogen-bond acceptors (Lipinski definition) is 4. The van der Waals surface area contributed by atoms with Crippen molar-refractivity contribution in [3.05, 3.63) is 42.5 Å². The molecule has 19 heavy (non-hydrogen) atoms. The van der Waals surface area contributed by atoms with Gasteiger partial charge in [0.05, 0.1) is 6.54 Å². The molecule has 0 unspecified atom stereocenters. The summed E-state index contributed by atoms with van der Waals surface area (Å²) < 4.78 is 4.85. The van der Waals surface area contributed by atoms with Crippen LogP contribution in [0.15, 0.2) is 42.5 Å². The van der Waals surface area contributed by atoms with Crippen molar-refractivity contribution < 1.29 is 19.4 Å². The van der Waals surface area contributed by atoms with Crippen LogP contribution in [0.3, 0.4) is 0 Å². The molecule has 0 amide bonds. The Morgan fingerprint density at radius 2 is 1.89 bits per heavy atom. The molecule has 1 aromatic rings. The number of para-hydroxylation sites is 1. The van der Waals surface area contributed by atoms with E-state index in [9.17, 15) is 9.59 Å². The molecule has 0 saturated carbocycles. The minimum absolute atomic E-state index is 0. The summed E-state index contributed by atoms with van der Waals surface area (Å²) in [6, 6.07) is 9.67. The number of hydrogen-bond donors (Lipinski definition) is 1. The molecule has 0 aliphatic carbocycles. The first kappa shape index (κ1) is 17.0. The number of carboxylic acids is 1. The smallest absolute Gasteiger partial charge is 0.331 e. The number of ether oxygens (including phenoxy) is 1. The van der Waals surface area contributed by atoms with E-state index in [1.807, 2.05) is 42.3 Å². The van der Waals surface area contributed by atoms with Crippen LogP contribution in [0, 0.1) is 0 Å². The van der Waals surface area contributed by atoms with Crippen LogP contribution in [0.5, 0.6) is 0 Å². The molecule has 0 radical (unpaired) electrons. The summed E-state index contributed by atoms with van der Waals surface area (Å²) in [5, 5.41) is 8.32. The van der Waals surface area contributed by atoms with Crippen LogP contribution in [-0.2, 0) is 14.3 Å². The van der Waals surface area contributed by atoms with E-state index in [-0.39, 0.29) is 19.0 Å². The first-order chi connectivity index (χ1) is 8.59. The van der Waals surface area contributed by atoms with Crippen molar-refractivity contribution in [1.82, 2.24) is 0 Å². The summed E-state index contributed by atoms with van der Waals surface area (Å²) in [5.74, 6) is -1.83. The Morgan fingerprint density at radius 3 is 2.47 bits per heavy atom. The third kappa shape index (κ3) is 7.10. The number of benzene rings is 1. The highest BCUT2D eigenvalue weighted by Gasteiger charge is 2.02. The maximum atomic E-state index is 11.1. The van der Waals surface area contributed by atoms with E-state index in [1.165, 1.54) is 0 Å². The van der Waals surface area contributed by atoms with E-state index < -0.39 is 11.9 Å². The quantitative estimate of drug-likeness (QED) is 0.637. The third-order valence-corrected chi connectivity index (χ3v) is 2.23. The van der Waals surface area contributed by atoms with Gasteiger partial charge in [-0.25, -0.2) is 9.59 Å². The lowest BCUT2D eigenvalue weighted by atomic mass is 10.3. The lowest BCUT2D eigenvalue weighted by molar-refractivity contribution is -0.138. The van der Waals surface area contributed by atoms with Crippen LogP contribution in [0.4, 0.5) is 5.69 Å². The molecule has 0 fully saturated rings. The Bertz CT molecular complexity index is 434. The third-order valence-electron chi connectivity index (χ3n) is 2.23. The number of esters is 1. The second-order valence-corrected chi connectivity index (χ2v) is 3.60. The molecule has 0 spiro atoms. The highest BCUT2D eigenvalue weighted by atomic mass is 35.5. The zero-order valence-electron chi connectivity index (χ0n) is 10.5. The molecule has 104 valence electrons. The second-order valence-electron chi connectivity index (χ2n) is 3.60. The summed E-state index contributed by atoms with van der Waals surface area (Å²) >= 11 is 0. The highest BCUT2D eigenvalue weighted by molar-refractivity contribution is 5.90. The number of carboxylic acid groups (broad SMARTS) is 1. The maximum Gasteiger partial charge on any atom is 0.331 e. The number of carbonyl (C=O) groups is 2. The molecule has 1 aromatic carbocycles. The van der Waals surface area contributed by atoms with Crippen molar-refractivity contribution in [1.29, 1.82) is 0 Å². The van der Waals surface area contributed by atoms with E-state index in [0.29, 0.717) is 6.54 Å². The summed E-state index contributed by atoms with van der Waals surface area (Å²) in [6.45, 7) is 0.741. The fourth-order valence-electron chi connectivity index (χ4n) is 1.28. The van der Waals surface area contributed by atoms with Gasteiger partial charge in [0.15, 0.2) is 0 Å². The zero-order valence-corrected chi connectivity index (χ0v) is 11.3. The molecule has 5 nitrogen and oxygen atoms in total. The van der Waals surface area contributed by atoms with Crippen LogP contribution in [-0.4, -0.2) is 37.2 Å². The number of likely N-dealkylation sites (N-methyl/N-ethyl adjacent to an activating group) is 1. The minimum Gasteiger partial charge on any atom is -0.478 e. The molecule has 0 heterocycles. The van der Waals surface area contributed by atoms with Crippen molar-refractivity contribution >= 4 is 30.0 Å². The Kier molecular flexibility index (Phi) is 8.04. The Morgan fingerprint density at radius 1 is 1.26 bits per heavy atom. The zero-order chi connectivity index (χ0) is 13.4. The molecule has 0 aliphatic rings. The van der Waals surface area contributed by atoms with Gasteiger partial charge in [0.1, 0.15) is 6.61 Å². The summed E-state index contributed by atoms with van der Waals surface area (Å²) in [7, 11) is 1.89. The SMILES string of the molecule is CN(CCOC(=O)C=CC(=O)O)c1ccccc1.Cl. The molecule has 0 saturated heterocycles. The Hall–Kier alpha value is -2.01. The van der Waals surface area contributed by atoms with Crippen molar-refractivity contribution in [3.63, 3.8) is 0 Å². The topological polar surface area (TPSA) is 66.8 Å². The van der Waals surface area contributed by atoms with Gasteiger partial charge < -0.3 is 14.7 Å². The van der Waals surface area contributed by atoms with Gasteiger partial charge in [-0.3, -0.25) is 0 Å². The van der Waals surface area contributed by atoms with Gasteiger partial charge in [-0.15, -0.1) is 12.4 Å². The van der Waals surface area contributed by atoms with Crippen molar-refractivity contribution in [2.24, 2.45) is 0 Å². The van der Waals surface area contributed by atoms with Gasteiger partial charge in [0.25, 0.3) is 0 Å². The standard InChI is InChI=1S/C13H15NO4.ClH/c1-14(11-5-3-2-4-6-11)9-10-18-13(17)8-7-12(15)16;/h2-8H,9-10H2,1H3,(H,15,16);1H. The number of anilines is 1. The number of carbonyl (C=O) groups excluding carboxylic acids is 1. The number of halogens is 1. The van der Waals surface area contributed by atoms with E-state index in [1.54, 1.807) is 0 Å². The van der Waals surface area contributed by atoms with Crippen LogP contribution in [0.25, 0.3) is 0 Å². The van der Waals surface area contributed by atoms with E-state index in [2.05, 4.69) is 0 Å². The molecule has 0 atom stereocenters. The fourth-order valence-corrected chi connectivity index (χ4v) is 1.28. The van der Waals surface area contributed by atoms with E-state index in [4.69, 9.17) is 9.84 Å². The second kappa shape index (κ2) is 8.99. The van der Waals surface area contributed by atoms with E-state index in [0.717, 1.165) is 17.8 Å². The first-order valence-electron chi connectivity index (χ1n) is 5.43. The molecule has 0 aliphatic heterocycles. The van der Waals surface area contributed by atoms with Gasteiger partial charge >= 0.3 is 11.9 Å². The van der Waals surface area contributed by atoms with Gasteiger partial charge in [-0.2, -0.15) is 0 Å². The number of aliphatic carboxylic acids is 1. The fraction of sp³-hybridized carbons (Fsp3) is 0.231. The van der Waals surface area contributed by atoms with Gasteiger partial charge in [0, 0.05) is 24.9 Å². The lowest BCUT2D eigenvalue weighted by Crippen LogP contribution is -2.23. The predicted octanol–water partition coefficient (Wildman–Crippen LogP) is 1.73. The largest absolute Gasteiger partial charge is 0.478 e. The normalized spacial score (nSPS) is 9.74. The molecule has 0 aromatic heterocycles. The molecule has 0 bridgehead atoms. The van der Waals surface area contributed by atoms with Crippen LogP contribution >= 0.6 is 12.4 Å². The summed E-state index contributed by atoms with van der Waals surface area (Å²) in [5.41, 5.74) is 1.02. The summed E-state index contributed by atoms with van der Waals surface area (Å²) in [6.07, 6.45) is 1.65. The van der Waals surface area contributed by atoms with Crippen molar-refractivity contribution in [3.8, 4) is 0 Å². The van der Waals surface area contributed by atoms with Gasteiger partial charge in [-0.05, 0) is 12.1 Å². The molecular weight excluding hydrogens is 270 g/mol. The van der Waals surface area contributed by atoms with Crippen LogP contribution < -0.4 is 4.90 Å².